The van der Waals surface area contributed by atoms with Gasteiger partial charge in [-0.3, -0.25) is 14.5 Å². The Morgan fingerprint density at radius 2 is 2.17 bits per heavy atom. The Hall–Kier alpha value is -1.53. The first-order valence-corrected chi connectivity index (χ1v) is 8.89. The monoisotopic (exact) mass is 395 g/mol. The summed E-state index contributed by atoms with van der Waals surface area (Å²) in [5.74, 6) is 0.479. The molecule has 0 aliphatic carbocycles. The van der Waals surface area contributed by atoms with Crippen molar-refractivity contribution in [2.45, 2.75) is 26.4 Å². The Labute approximate surface area is 148 Å². The molecule has 0 aromatic heterocycles. The van der Waals surface area contributed by atoms with Gasteiger partial charge in [-0.05, 0) is 64.8 Å². The second-order valence-electron chi connectivity index (χ2n) is 5.11. The minimum atomic E-state index is -0.282. The number of ether oxygens (including phenoxy) is 1. The Kier molecular flexibility index (Phi) is 6.07. The number of carbonyl (C=O) groups excluding carboxylic acids is 2. The summed E-state index contributed by atoms with van der Waals surface area (Å²) in [6.07, 6.45) is 4.31. The van der Waals surface area contributed by atoms with Gasteiger partial charge in [0.1, 0.15) is 5.75 Å². The van der Waals surface area contributed by atoms with E-state index in [9.17, 15) is 9.59 Å². The van der Waals surface area contributed by atoms with E-state index in [1.165, 1.54) is 11.0 Å². The third-order valence-electron chi connectivity index (χ3n) is 3.34. The molecule has 23 heavy (non-hydrogen) atoms. The summed E-state index contributed by atoms with van der Waals surface area (Å²) in [5.41, 5.74) is 0.831. The number of carbonyl (C=O) groups is 2. The number of imide groups is 1. The Morgan fingerprint density at radius 1 is 1.43 bits per heavy atom. The molecule has 0 N–H and O–H groups in total. The number of hydrogen-bond acceptors (Lipinski definition) is 4. The van der Waals surface area contributed by atoms with Crippen LogP contribution in [0.25, 0.3) is 6.08 Å². The molecule has 1 saturated heterocycles. The summed E-state index contributed by atoms with van der Waals surface area (Å²) in [6, 6.07) is 5.60. The Morgan fingerprint density at radius 3 is 2.78 bits per heavy atom. The van der Waals surface area contributed by atoms with Crippen LogP contribution >= 0.6 is 27.7 Å². The number of thioether (sulfide) groups is 1. The molecule has 1 aliphatic heterocycles. The van der Waals surface area contributed by atoms with Crippen LogP contribution in [0.3, 0.4) is 0 Å². The highest BCUT2D eigenvalue weighted by Crippen LogP contribution is 2.34. The molecule has 1 aliphatic rings. The van der Waals surface area contributed by atoms with Crippen LogP contribution in [0.15, 0.2) is 40.2 Å². The molecule has 0 unspecified atom stereocenters. The zero-order valence-corrected chi connectivity index (χ0v) is 15.4. The Bertz CT molecular complexity index is 672. The molecule has 2 amide bonds. The number of nitrogens with zero attached hydrogens (tertiary/aromatic N) is 1. The normalized spacial score (nSPS) is 17.7. The molecule has 122 valence electrons. The fraction of sp³-hybridized carbons (Fsp3) is 0.294. The summed E-state index contributed by atoms with van der Waals surface area (Å²) < 4.78 is 6.61. The molecule has 1 aromatic carbocycles. The lowest BCUT2D eigenvalue weighted by Crippen LogP contribution is -2.27. The summed E-state index contributed by atoms with van der Waals surface area (Å²) in [6.45, 7) is 7.86. The van der Waals surface area contributed by atoms with Crippen LogP contribution in [0.5, 0.6) is 5.75 Å². The van der Waals surface area contributed by atoms with E-state index in [0.29, 0.717) is 4.91 Å². The summed E-state index contributed by atoms with van der Waals surface area (Å²) >= 11 is 4.43. The van der Waals surface area contributed by atoms with Crippen LogP contribution in [0, 0.1) is 0 Å². The van der Waals surface area contributed by atoms with Crippen molar-refractivity contribution in [2.75, 3.05) is 6.54 Å². The average molecular weight is 396 g/mol. The molecule has 0 saturated carbocycles. The van der Waals surface area contributed by atoms with Gasteiger partial charge in [0.05, 0.1) is 15.5 Å². The fourth-order valence-corrected chi connectivity index (χ4v) is 3.28. The zero-order chi connectivity index (χ0) is 17.0. The highest BCUT2D eigenvalue weighted by atomic mass is 79.9. The topological polar surface area (TPSA) is 46.6 Å². The minimum absolute atomic E-state index is 0.132. The second-order valence-corrected chi connectivity index (χ2v) is 6.96. The lowest BCUT2D eigenvalue weighted by atomic mass is 10.2. The van der Waals surface area contributed by atoms with Crippen LogP contribution < -0.4 is 4.74 Å². The highest BCUT2D eigenvalue weighted by molar-refractivity contribution is 9.10. The predicted octanol–water partition coefficient (Wildman–Crippen LogP) is 4.85. The SMILES string of the molecule is C=CCN1C(=O)S/C(=C/c2ccc(O[C@@H](C)CC)c(Br)c2)C1=O. The quantitative estimate of drug-likeness (QED) is 0.510. The van der Waals surface area contributed by atoms with Gasteiger partial charge in [0.25, 0.3) is 11.1 Å². The van der Waals surface area contributed by atoms with Crippen LogP contribution in [0.4, 0.5) is 4.79 Å². The zero-order valence-electron chi connectivity index (χ0n) is 13.0. The molecule has 0 radical (unpaired) electrons. The molecule has 6 heteroatoms. The van der Waals surface area contributed by atoms with E-state index in [1.54, 1.807) is 6.08 Å². The second kappa shape index (κ2) is 7.84. The smallest absolute Gasteiger partial charge is 0.293 e. The van der Waals surface area contributed by atoms with Crippen LogP contribution in [-0.4, -0.2) is 28.7 Å². The molecule has 1 heterocycles. The van der Waals surface area contributed by atoms with E-state index in [0.717, 1.165) is 34.0 Å². The van der Waals surface area contributed by atoms with Crippen molar-refractivity contribution < 1.29 is 14.3 Å². The van der Waals surface area contributed by atoms with Gasteiger partial charge in [-0.25, -0.2) is 0 Å². The van der Waals surface area contributed by atoms with Gasteiger partial charge >= 0.3 is 0 Å². The standard InChI is InChI=1S/C17H18BrNO3S/c1-4-8-19-16(20)15(23-17(19)21)10-12-6-7-14(13(18)9-12)22-11(3)5-2/h4,6-7,9-11H,1,5,8H2,2-3H3/b15-10+/t11-/m0/s1. The lowest BCUT2D eigenvalue weighted by Gasteiger charge is -2.14. The number of hydrogen-bond donors (Lipinski definition) is 0. The van der Waals surface area contributed by atoms with Crippen LogP contribution in [0.1, 0.15) is 25.8 Å². The molecule has 4 nitrogen and oxygen atoms in total. The number of amides is 2. The lowest BCUT2D eigenvalue weighted by molar-refractivity contribution is -0.122. The molecule has 0 bridgehead atoms. The van der Waals surface area contributed by atoms with E-state index in [1.807, 2.05) is 25.1 Å². The van der Waals surface area contributed by atoms with Crippen molar-refractivity contribution in [3.8, 4) is 5.75 Å². The van der Waals surface area contributed by atoms with E-state index in [-0.39, 0.29) is 23.8 Å². The summed E-state index contributed by atoms with van der Waals surface area (Å²) in [7, 11) is 0. The first-order chi connectivity index (χ1) is 11.0. The molecule has 2 rings (SSSR count). The highest BCUT2D eigenvalue weighted by Gasteiger charge is 2.34. The van der Waals surface area contributed by atoms with Crippen molar-refractivity contribution >= 4 is 44.9 Å². The third-order valence-corrected chi connectivity index (χ3v) is 4.87. The Balaban J connectivity index is 2.20. The van der Waals surface area contributed by atoms with E-state index < -0.39 is 0 Å². The molecular formula is C17H18BrNO3S. The number of rotatable bonds is 6. The van der Waals surface area contributed by atoms with Gasteiger partial charge in [0.15, 0.2) is 0 Å². The number of halogens is 1. The van der Waals surface area contributed by atoms with Crippen molar-refractivity contribution in [3.63, 3.8) is 0 Å². The predicted molar refractivity (Wildman–Crippen MR) is 97.4 cm³/mol. The third kappa shape index (κ3) is 4.26. The molecule has 1 fully saturated rings. The van der Waals surface area contributed by atoms with Gasteiger partial charge in [0, 0.05) is 6.54 Å². The van der Waals surface area contributed by atoms with Gasteiger partial charge in [0.2, 0.25) is 0 Å². The van der Waals surface area contributed by atoms with Gasteiger partial charge in [-0.15, -0.1) is 6.58 Å². The van der Waals surface area contributed by atoms with Crippen molar-refractivity contribution in [2.24, 2.45) is 0 Å². The van der Waals surface area contributed by atoms with Crippen molar-refractivity contribution in [1.29, 1.82) is 0 Å². The van der Waals surface area contributed by atoms with Crippen LogP contribution in [0.2, 0.25) is 0 Å². The number of benzene rings is 1. The van der Waals surface area contributed by atoms with Crippen molar-refractivity contribution in [3.05, 3.63) is 45.8 Å². The van der Waals surface area contributed by atoms with Gasteiger partial charge in [-0.2, -0.15) is 0 Å². The molecule has 1 atom stereocenters. The molecule has 1 aromatic rings. The first kappa shape index (κ1) is 17.8. The maximum atomic E-state index is 12.2. The maximum Gasteiger partial charge on any atom is 0.293 e. The van der Waals surface area contributed by atoms with E-state index in [2.05, 4.69) is 29.4 Å². The molecule has 0 spiro atoms. The largest absolute Gasteiger partial charge is 0.490 e. The fourth-order valence-electron chi connectivity index (χ4n) is 1.94. The van der Waals surface area contributed by atoms with Gasteiger partial charge in [-0.1, -0.05) is 19.1 Å². The maximum absolute atomic E-state index is 12.2. The summed E-state index contributed by atoms with van der Waals surface area (Å²) in [4.78, 5) is 25.6. The van der Waals surface area contributed by atoms with Crippen molar-refractivity contribution in [1.82, 2.24) is 4.90 Å². The minimum Gasteiger partial charge on any atom is -0.490 e. The van der Waals surface area contributed by atoms with E-state index >= 15 is 0 Å². The average Bonchev–Trinajstić information content (AvgIpc) is 2.78. The first-order valence-electron chi connectivity index (χ1n) is 7.28. The molecular weight excluding hydrogens is 378 g/mol. The summed E-state index contributed by atoms with van der Waals surface area (Å²) in [5, 5.41) is -0.267. The van der Waals surface area contributed by atoms with Gasteiger partial charge < -0.3 is 4.74 Å². The van der Waals surface area contributed by atoms with E-state index in [4.69, 9.17) is 4.74 Å². The van der Waals surface area contributed by atoms with Crippen LogP contribution in [-0.2, 0) is 4.79 Å².